The van der Waals surface area contributed by atoms with Crippen molar-refractivity contribution in [1.82, 2.24) is 20.5 Å². The zero-order chi connectivity index (χ0) is 19.8. The molecule has 156 valence electrons. The molecule has 0 bridgehead atoms. The van der Waals surface area contributed by atoms with Crippen LogP contribution in [0.25, 0.3) is 0 Å². The van der Waals surface area contributed by atoms with Crippen LogP contribution in [0.1, 0.15) is 39.7 Å². The summed E-state index contributed by atoms with van der Waals surface area (Å²) in [6.07, 6.45) is 0.916. The van der Waals surface area contributed by atoms with E-state index in [9.17, 15) is 0 Å². The molecule has 0 radical (unpaired) electrons. The number of aromatic nitrogens is 1. The third kappa shape index (κ3) is 7.67. The van der Waals surface area contributed by atoms with Gasteiger partial charge in [0, 0.05) is 24.4 Å². The van der Waals surface area contributed by atoms with Gasteiger partial charge in [0.15, 0.2) is 5.96 Å². The number of aryl methyl sites for hydroxylation is 3. The number of likely N-dealkylation sites (N-methyl/N-ethyl adjacent to an activating group) is 1. The molecule has 1 aromatic heterocycles. The molecule has 1 atom stereocenters. The minimum atomic E-state index is 0. The van der Waals surface area contributed by atoms with Crippen LogP contribution in [-0.2, 0) is 6.42 Å². The van der Waals surface area contributed by atoms with Crippen LogP contribution >= 0.6 is 35.3 Å². The van der Waals surface area contributed by atoms with E-state index in [4.69, 9.17) is 4.99 Å². The first-order chi connectivity index (χ1) is 12.9. The molecule has 0 aliphatic rings. The maximum Gasteiger partial charge on any atom is 0.191 e. The summed E-state index contributed by atoms with van der Waals surface area (Å²) in [5.74, 6) is 0.862. The summed E-state index contributed by atoms with van der Waals surface area (Å²) in [6.45, 7) is 10.8. The Hall–Kier alpha value is -1.19. The van der Waals surface area contributed by atoms with Crippen molar-refractivity contribution in [1.29, 1.82) is 0 Å². The number of nitrogens with zero attached hydrogens (tertiary/aromatic N) is 3. The first kappa shape index (κ1) is 24.8. The average Bonchev–Trinajstić information content (AvgIpc) is 2.94. The van der Waals surface area contributed by atoms with Crippen LogP contribution in [0.2, 0.25) is 0 Å². The quantitative estimate of drug-likeness (QED) is 0.316. The second-order valence-corrected chi connectivity index (χ2v) is 8.32. The highest BCUT2D eigenvalue weighted by atomic mass is 127. The number of nitrogens with one attached hydrogen (secondary N) is 2. The van der Waals surface area contributed by atoms with E-state index in [1.807, 2.05) is 0 Å². The Morgan fingerprint density at radius 2 is 1.82 bits per heavy atom. The molecular weight excluding hydrogens is 481 g/mol. The van der Waals surface area contributed by atoms with E-state index in [1.165, 1.54) is 21.0 Å². The van der Waals surface area contributed by atoms with Gasteiger partial charge in [0.25, 0.3) is 0 Å². The number of rotatable bonds is 8. The zero-order valence-corrected chi connectivity index (χ0v) is 21.0. The number of guanidine groups is 1. The summed E-state index contributed by atoms with van der Waals surface area (Å²) in [5.41, 5.74) is 3.71. The highest BCUT2D eigenvalue weighted by molar-refractivity contribution is 14.0. The largest absolute Gasteiger partial charge is 0.357 e. The van der Waals surface area contributed by atoms with Gasteiger partial charge in [-0.3, -0.25) is 4.99 Å². The number of halogens is 1. The maximum atomic E-state index is 4.82. The van der Waals surface area contributed by atoms with Crippen LogP contribution in [-0.4, -0.2) is 49.6 Å². The molecule has 0 fully saturated rings. The van der Waals surface area contributed by atoms with Gasteiger partial charge in [-0.15, -0.1) is 35.3 Å². The average molecular weight is 516 g/mol. The first-order valence-electron chi connectivity index (χ1n) is 9.58. The van der Waals surface area contributed by atoms with Gasteiger partial charge in [0.1, 0.15) is 0 Å². The molecule has 0 aliphatic carbocycles. The molecule has 0 spiro atoms. The molecule has 28 heavy (non-hydrogen) atoms. The van der Waals surface area contributed by atoms with Gasteiger partial charge in [-0.2, -0.15) is 0 Å². The summed E-state index contributed by atoms with van der Waals surface area (Å²) in [7, 11) is 4.21. The van der Waals surface area contributed by atoms with Crippen LogP contribution in [0.3, 0.4) is 0 Å². The standard InChI is InChI=1S/C21H33N5S.HI/c1-7-22-21(23-13-12-20-25-16(3)17(4)27-20)24-14-19(26(5)6)18-10-8-15(2)9-11-18;/h8-11,19H,7,12-14H2,1-6H3,(H2,22,23,24);1H. The molecule has 1 unspecified atom stereocenters. The number of aliphatic imine (C=N–C) groups is 1. The van der Waals surface area contributed by atoms with Gasteiger partial charge in [-0.1, -0.05) is 29.8 Å². The Labute approximate surface area is 191 Å². The second kappa shape index (κ2) is 12.4. The molecule has 7 heteroatoms. The first-order valence-corrected chi connectivity index (χ1v) is 10.4. The van der Waals surface area contributed by atoms with Gasteiger partial charge in [0.2, 0.25) is 0 Å². The number of hydrogen-bond donors (Lipinski definition) is 2. The van der Waals surface area contributed by atoms with Crippen molar-refractivity contribution in [3.8, 4) is 0 Å². The number of benzene rings is 1. The Kier molecular flexibility index (Phi) is 11.0. The predicted molar refractivity (Wildman–Crippen MR) is 132 cm³/mol. The lowest BCUT2D eigenvalue weighted by molar-refractivity contribution is 0.306. The Morgan fingerprint density at radius 1 is 1.14 bits per heavy atom. The van der Waals surface area contributed by atoms with Crippen LogP contribution in [0.4, 0.5) is 0 Å². The topological polar surface area (TPSA) is 52.6 Å². The van der Waals surface area contributed by atoms with Crippen molar-refractivity contribution in [2.24, 2.45) is 4.99 Å². The van der Waals surface area contributed by atoms with Gasteiger partial charge in [-0.25, -0.2) is 4.98 Å². The van der Waals surface area contributed by atoms with Gasteiger partial charge >= 0.3 is 0 Å². The van der Waals surface area contributed by atoms with Crippen LogP contribution in [0.5, 0.6) is 0 Å². The van der Waals surface area contributed by atoms with E-state index >= 15 is 0 Å². The van der Waals surface area contributed by atoms with Crippen molar-refractivity contribution < 1.29 is 0 Å². The Balaban J connectivity index is 0.00000392. The van der Waals surface area contributed by atoms with Gasteiger partial charge < -0.3 is 15.5 Å². The Morgan fingerprint density at radius 3 is 2.36 bits per heavy atom. The van der Waals surface area contributed by atoms with E-state index in [2.05, 4.69) is 86.6 Å². The van der Waals surface area contributed by atoms with Crippen LogP contribution in [0.15, 0.2) is 29.3 Å². The summed E-state index contributed by atoms with van der Waals surface area (Å²) >= 11 is 1.78. The molecule has 0 saturated carbocycles. The maximum absolute atomic E-state index is 4.82. The van der Waals surface area contributed by atoms with E-state index in [-0.39, 0.29) is 30.0 Å². The highest BCUT2D eigenvalue weighted by Crippen LogP contribution is 2.19. The smallest absolute Gasteiger partial charge is 0.191 e. The lowest BCUT2D eigenvalue weighted by atomic mass is 10.0. The molecule has 0 saturated heterocycles. The molecule has 1 heterocycles. The third-order valence-electron chi connectivity index (χ3n) is 4.56. The van der Waals surface area contributed by atoms with E-state index in [0.717, 1.165) is 31.2 Å². The Bertz CT molecular complexity index is 720. The molecular formula is C21H34IN5S. The summed E-state index contributed by atoms with van der Waals surface area (Å²) in [5, 5.41) is 7.96. The van der Waals surface area contributed by atoms with Gasteiger partial charge in [0.05, 0.1) is 23.3 Å². The predicted octanol–water partition coefficient (Wildman–Crippen LogP) is 4.09. The van der Waals surface area contributed by atoms with Gasteiger partial charge in [-0.05, 0) is 47.4 Å². The highest BCUT2D eigenvalue weighted by Gasteiger charge is 2.14. The number of hydrogen-bond acceptors (Lipinski definition) is 4. The molecule has 2 rings (SSSR count). The second-order valence-electron chi connectivity index (χ2n) is 7.04. The van der Waals surface area contributed by atoms with Crippen molar-refractivity contribution >= 4 is 41.3 Å². The van der Waals surface area contributed by atoms with Crippen molar-refractivity contribution in [2.75, 3.05) is 33.7 Å². The van der Waals surface area contributed by atoms with Crippen molar-refractivity contribution in [3.05, 3.63) is 51.0 Å². The molecule has 1 aromatic carbocycles. The van der Waals surface area contributed by atoms with E-state index < -0.39 is 0 Å². The summed E-state index contributed by atoms with van der Waals surface area (Å²) < 4.78 is 0. The summed E-state index contributed by atoms with van der Waals surface area (Å²) in [4.78, 5) is 13.0. The molecule has 0 amide bonds. The molecule has 2 N–H and O–H groups in total. The monoisotopic (exact) mass is 515 g/mol. The fourth-order valence-electron chi connectivity index (χ4n) is 2.81. The number of thiazole rings is 1. The fraction of sp³-hybridized carbons (Fsp3) is 0.524. The van der Waals surface area contributed by atoms with Crippen molar-refractivity contribution in [3.63, 3.8) is 0 Å². The molecule has 5 nitrogen and oxygen atoms in total. The summed E-state index contributed by atoms with van der Waals surface area (Å²) in [6, 6.07) is 8.98. The van der Waals surface area contributed by atoms with E-state index in [1.54, 1.807) is 11.3 Å². The molecule has 2 aromatic rings. The minimum Gasteiger partial charge on any atom is -0.357 e. The SMILES string of the molecule is CCNC(=NCC(c1ccc(C)cc1)N(C)C)NCCc1nc(C)c(C)s1.I. The zero-order valence-electron chi connectivity index (χ0n) is 17.9. The van der Waals surface area contributed by atoms with Crippen molar-refractivity contribution in [2.45, 2.75) is 40.2 Å². The molecule has 0 aliphatic heterocycles. The minimum absolute atomic E-state index is 0. The van der Waals surface area contributed by atoms with Crippen LogP contribution in [0, 0.1) is 20.8 Å². The fourth-order valence-corrected chi connectivity index (χ4v) is 3.74. The lowest BCUT2D eigenvalue weighted by Gasteiger charge is -2.24. The lowest BCUT2D eigenvalue weighted by Crippen LogP contribution is -2.39. The van der Waals surface area contributed by atoms with Crippen LogP contribution < -0.4 is 10.6 Å². The third-order valence-corrected chi connectivity index (χ3v) is 5.69. The normalized spacial score (nSPS) is 12.6. The van der Waals surface area contributed by atoms with E-state index in [0.29, 0.717) is 6.54 Å².